The standard InChI is InChI=1S/C11H13BrClN5/c1-3-4-14-10-9(12)11(16-6-15-10)18-5-8(13)7(2)17-18/h5-6H,3-4H2,1-2H3,(H,14,15,16). The van der Waals surface area contributed by atoms with Gasteiger partial charge in [0.1, 0.15) is 16.6 Å². The van der Waals surface area contributed by atoms with Crippen molar-refractivity contribution in [3.8, 4) is 5.82 Å². The molecule has 0 saturated carbocycles. The second kappa shape index (κ2) is 5.67. The zero-order valence-electron chi connectivity index (χ0n) is 10.1. The molecule has 0 radical (unpaired) electrons. The highest BCUT2D eigenvalue weighted by molar-refractivity contribution is 9.10. The lowest BCUT2D eigenvalue weighted by molar-refractivity contribution is 0.819. The average Bonchev–Trinajstić information content (AvgIpc) is 2.68. The number of aromatic nitrogens is 4. The highest BCUT2D eigenvalue weighted by Crippen LogP contribution is 2.26. The summed E-state index contributed by atoms with van der Waals surface area (Å²) in [6, 6.07) is 0. The first-order valence-corrected chi connectivity index (χ1v) is 6.77. The molecule has 2 aromatic heterocycles. The fourth-order valence-electron chi connectivity index (χ4n) is 1.43. The molecule has 0 aliphatic carbocycles. The summed E-state index contributed by atoms with van der Waals surface area (Å²) in [7, 11) is 0. The Kier molecular flexibility index (Phi) is 4.19. The Morgan fingerprint density at radius 3 is 2.83 bits per heavy atom. The third kappa shape index (κ3) is 2.64. The molecule has 0 amide bonds. The van der Waals surface area contributed by atoms with Crippen LogP contribution in [0.1, 0.15) is 19.0 Å². The van der Waals surface area contributed by atoms with E-state index >= 15 is 0 Å². The van der Waals surface area contributed by atoms with E-state index in [0.29, 0.717) is 10.8 Å². The van der Waals surface area contributed by atoms with Crippen LogP contribution in [0.5, 0.6) is 0 Å². The van der Waals surface area contributed by atoms with Gasteiger partial charge in [0.2, 0.25) is 0 Å². The number of halogens is 2. The van der Waals surface area contributed by atoms with Crippen LogP contribution < -0.4 is 5.32 Å². The van der Waals surface area contributed by atoms with E-state index in [1.165, 1.54) is 6.33 Å². The second-order valence-corrected chi connectivity index (χ2v) is 4.99. The molecular weight excluding hydrogens is 318 g/mol. The van der Waals surface area contributed by atoms with E-state index in [1.54, 1.807) is 10.9 Å². The van der Waals surface area contributed by atoms with Crippen molar-refractivity contribution in [2.24, 2.45) is 0 Å². The van der Waals surface area contributed by atoms with Crippen molar-refractivity contribution in [3.63, 3.8) is 0 Å². The van der Waals surface area contributed by atoms with Crippen molar-refractivity contribution in [2.45, 2.75) is 20.3 Å². The SMILES string of the molecule is CCCNc1ncnc(-n2cc(Cl)c(C)n2)c1Br. The molecule has 0 saturated heterocycles. The van der Waals surface area contributed by atoms with E-state index in [1.807, 2.05) is 6.92 Å². The number of hydrogen-bond acceptors (Lipinski definition) is 4. The first-order valence-electron chi connectivity index (χ1n) is 5.60. The molecule has 0 fully saturated rings. The molecule has 1 N–H and O–H groups in total. The van der Waals surface area contributed by atoms with Gasteiger partial charge in [0, 0.05) is 6.54 Å². The summed E-state index contributed by atoms with van der Waals surface area (Å²) in [6.45, 7) is 4.80. The summed E-state index contributed by atoms with van der Waals surface area (Å²) in [6.07, 6.45) is 4.26. The van der Waals surface area contributed by atoms with Gasteiger partial charge < -0.3 is 5.32 Å². The highest BCUT2D eigenvalue weighted by atomic mass is 79.9. The van der Waals surface area contributed by atoms with Crippen LogP contribution in [0.4, 0.5) is 5.82 Å². The van der Waals surface area contributed by atoms with Gasteiger partial charge in [0.15, 0.2) is 5.82 Å². The summed E-state index contributed by atoms with van der Waals surface area (Å²) in [5, 5.41) is 8.14. The minimum absolute atomic E-state index is 0.614. The highest BCUT2D eigenvalue weighted by Gasteiger charge is 2.12. The van der Waals surface area contributed by atoms with Crippen LogP contribution in [-0.2, 0) is 0 Å². The van der Waals surface area contributed by atoms with Crippen molar-refractivity contribution in [1.82, 2.24) is 19.7 Å². The van der Waals surface area contributed by atoms with Crippen LogP contribution in [-0.4, -0.2) is 26.3 Å². The van der Waals surface area contributed by atoms with Crippen molar-refractivity contribution in [3.05, 3.63) is 27.7 Å². The predicted molar refractivity (Wildman–Crippen MR) is 75.4 cm³/mol. The Bertz CT molecular complexity index is 535. The zero-order chi connectivity index (χ0) is 13.1. The van der Waals surface area contributed by atoms with Gasteiger partial charge >= 0.3 is 0 Å². The fourth-order valence-corrected chi connectivity index (χ4v) is 2.09. The van der Waals surface area contributed by atoms with Gasteiger partial charge in [-0.2, -0.15) is 5.10 Å². The van der Waals surface area contributed by atoms with Gasteiger partial charge in [-0.25, -0.2) is 14.6 Å². The Morgan fingerprint density at radius 1 is 1.44 bits per heavy atom. The largest absolute Gasteiger partial charge is 0.369 e. The molecule has 2 heterocycles. The Balaban J connectivity index is 2.39. The minimum atomic E-state index is 0.614. The van der Waals surface area contributed by atoms with E-state index in [-0.39, 0.29) is 0 Å². The molecule has 0 aliphatic rings. The maximum absolute atomic E-state index is 6.00. The molecule has 96 valence electrons. The molecule has 0 spiro atoms. The molecule has 0 unspecified atom stereocenters. The first kappa shape index (κ1) is 13.3. The first-order chi connectivity index (χ1) is 8.63. The molecule has 0 bridgehead atoms. The molecular formula is C11H13BrClN5. The number of rotatable bonds is 4. The van der Waals surface area contributed by atoms with Crippen LogP contribution in [0, 0.1) is 6.92 Å². The maximum Gasteiger partial charge on any atom is 0.173 e. The lowest BCUT2D eigenvalue weighted by Gasteiger charge is -2.09. The van der Waals surface area contributed by atoms with Crippen molar-refractivity contribution < 1.29 is 0 Å². The van der Waals surface area contributed by atoms with Gasteiger partial charge in [-0.1, -0.05) is 18.5 Å². The number of nitrogens with one attached hydrogen (secondary N) is 1. The quantitative estimate of drug-likeness (QED) is 0.935. The van der Waals surface area contributed by atoms with E-state index in [9.17, 15) is 0 Å². The molecule has 18 heavy (non-hydrogen) atoms. The summed E-state index contributed by atoms with van der Waals surface area (Å²) >= 11 is 9.49. The molecule has 0 aliphatic heterocycles. The Morgan fingerprint density at radius 2 is 2.22 bits per heavy atom. The number of hydrogen-bond donors (Lipinski definition) is 1. The maximum atomic E-state index is 6.00. The number of nitrogens with zero attached hydrogens (tertiary/aromatic N) is 4. The monoisotopic (exact) mass is 329 g/mol. The van der Waals surface area contributed by atoms with Crippen molar-refractivity contribution in [1.29, 1.82) is 0 Å². The van der Waals surface area contributed by atoms with Gasteiger partial charge in [0.05, 0.1) is 16.9 Å². The minimum Gasteiger partial charge on any atom is -0.369 e. The Hall–Kier alpha value is -1.14. The summed E-state index contributed by atoms with van der Waals surface area (Å²) in [4.78, 5) is 8.40. The molecule has 7 heteroatoms. The third-order valence-corrected chi connectivity index (χ3v) is 3.47. The smallest absolute Gasteiger partial charge is 0.173 e. The molecule has 2 aromatic rings. The van der Waals surface area contributed by atoms with Gasteiger partial charge in [-0.05, 0) is 29.3 Å². The third-order valence-electron chi connectivity index (χ3n) is 2.37. The van der Waals surface area contributed by atoms with Crippen molar-refractivity contribution >= 4 is 33.3 Å². The second-order valence-electron chi connectivity index (χ2n) is 3.79. The van der Waals surface area contributed by atoms with E-state index < -0.39 is 0 Å². The molecule has 0 aromatic carbocycles. The molecule has 5 nitrogen and oxygen atoms in total. The molecule has 0 atom stereocenters. The lowest BCUT2D eigenvalue weighted by atomic mass is 10.4. The summed E-state index contributed by atoms with van der Waals surface area (Å²) < 4.78 is 2.42. The molecule has 2 rings (SSSR count). The van der Waals surface area contributed by atoms with Crippen LogP contribution in [0.25, 0.3) is 5.82 Å². The normalized spacial score (nSPS) is 10.7. The summed E-state index contributed by atoms with van der Waals surface area (Å²) in [5.74, 6) is 1.42. The Labute approximate surface area is 119 Å². The van der Waals surface area contributed by atoms with E-state index in [0.717, 1.165) is 29.0 Å². The number of anilines is 1. The van der Waals surface area contributed by atoms with Gasteiger partial charge in [0.25, 0.3) is 0 Å². The lowest BCUT2D eigenvalue weighted by Crippen LogP contribution is -2.07. The fraction of sp³-hybridized carbons (Fsp3) is 0.364. The van der Waals surface area contributed by atoms with Crippen LogP contribution in [0.2, 0.25) is 5.02 Å². The van der Waals surface area contributed by atoms with Crippen LogP contribution in [0.3, 0.4) is 0 Å². The van der Waals surface area contributed by atoms with Crippen molar-refractivity contribution in [2.75, 3.05) is 11.9 Å². The van der Waals surface area contributed by atoms with Crippen LogP contribution >= 0.6 is 27.5 Å². The average molecular weight is 331 g/mol. The van der Waals surface area contributed by atoms with Crippen LogP contribution in [0.15, 0.2) is 17.0 Å². The zero-order valence-corrected chi connectivity index (χ0v) is 12.5. The van der Waals surface area contributed by atoms with Gasteiger partial charge in [-0.15, -0.1) is 0 Å². The van der Waals surface area contributed by atoms with E-state index in [2.05, 4.69) is 43.2 Å². The topological polar surface area (TPSA) is 55.6 Å². The number of aryl methyl sites for hydroxylation is 1. The predicted octanol–water partition coefficient (Wildman–Crippen LogP) is 3.21. The van der Waals surface area contributed by atoms with Gasteiger partial charge in [-0.3, -0.25) is 0 Å². The summed E-state index contributed by atoms with van der Waals surface area (Å²) in [5.41, 5.74) is 0.769. The van der Waals surface area contributed by atoms with E-state index in [4.69, 9.17) is 11.6 Å².